The number of halogens is 2. The Bertz CT molecular complexity index is 225. The molecule has 1 N–H and O–H groups in total. The van der Waals surface area contributed by atoms with Crippen LogP contribution in [0.5, 0.6) is 0 Å². The Morgan fingerprint density at radius 2 is 2.08 bits per heavy atom. The van der Waals surface area contributed by atoms with Gasteiger partial charge in [-0.1, -0.05) is 12.2 Å². The predicted molar refractivity (Wildman–Crippen MR) is 45.5 cm³/mol. The van der Waals surface area contributed by atoms with Gasteiger partial charge in [0.05, 0.1) is 0 Å². The van der Waals surface area contributed by atoms with Crippen molar-refractivity contribution in [2.75, 3.05) is 6.61 Å². The zero-order valence-electron chi connectivity index (χ0n) is 7.42. The van der Waals surface area contributed by atoms with Gasteiger partial charge in [0.1, 0.15) is 0 Å². The summed E-state index contributed by atoms with van der Waals surface area (Å²) in [6.07, 6.45) is 5.09. The van der Waals surface area contributed by atoms with Crippen molar-refractivity contribution in [1.29, 1.82) is 0 Å². The van der Waals surface area contributed by atoms with Gasteiger partial charge in [-0.3, -0.25) is 0 Å². The molecule has 74 valence electrons. The highest BCUT2D eigenvalue weighted by molar-refractivity contribution is 5.12. The van der Waals surface area contributed by atoms with E-state index in [1.807, 2.05) is 6.08 Å². The Morgan fingerprint density at radius 3 is 2.54 bits per heavy atom. The molecule has 0 aromatic rings. The maximum atomic E-state index is 13.4. The molecule has 2 rings (SSSR count). The van der Waals surface area contributed by atoms with Crippen LogP contribution in [-0.2, 0) is 0 Å². The van der Waals surface area contributed by atoms with Crippen molar-refractivity contribution < 1.29 is 13.9 Å². The predicted octanol–water partition coefficient (Wildman–Crippen LogP) is 2.22. The zero-order chi connectivity index (χ0) is 9.47. The molecular weight excluding hydrogens is 174 g/mol. The average molecular weight is 188 g/mol. The third-order valence-corrected chi connectivity index (χ3v) is 3.27. The molecule has 0 saturated heterocycles. The third-order valence-electron chi connectivity index (χ3n) is 3.27. The number of aliphatic hydroxyl groups is 1. The monoisotopic (exact) mass is 188 g/mol. The van der Waals surface area contributed by atoms with Crippen molar-refractivity contribution >= 4 is 0 Å². The second-order valence-corrected chi connectivity index (χ2v) is 4.12. The molecule has 3 unspecified atom stereocenters. The number of hydrogen-bond donors (Lipinski definition) is 1. The van der Waals surface area contributed by atoms with Crippen LogP contribution < -0.4 is 0 Å². The lowest BCUT2D eigenvalue weighted by molar-refractivity contribution is -0.0831. The molecule has 2 aliphatic rings. The lowest BCUT2D eigenvalue weighted by atomic mass is 9.86. The summed E-state index contributed by atoms with van der Waals surface area (Å²) in [6, 6.07) is 0. The highest BCUT2D eigenvalue weighted by Crippen LogP contribution is 2.50. The first-order chi connectivity index (χ1) is 6.13. The minimum Gasteiger partial charge on any atom is -0.396 e. The summed E-state index contributed by atoms with van der Waals surface area (Å²) in [5.74, 6) is -2.75. The standard InChI is InChI=1S/C10H14F2O/c11-10(12,3-4-13)9-6-7-1-2-8(9)5-7/h1-2,7-9,13H,3-6H2. The van der Waals surface area contributed by atoms with E-state index in [4.69, 9.17) is 5.11 Å². The highest BCUT2D eigenvalue weighted by atomic mass is 19.3. The van der Waals surface area contributed by atoms with Gasteiger partial charge in [-0.25, -0.2) is 8.78 Å². The van der Waals surface area contributed by atoms with Gasteiger partial charge < -0.3 is 5.11 Å². The second-order valence-electron chi connectivity index (χ2n) is 4.12. The maximum absolute atomic E-state index is 13.4. The number of alkyl halides is 2. The largest absolute Gasteiger partial charge is 0.396 e. The summed E-state index contributed by atoms with van der Waals surface area (Å²) in [7, 11) is 0. The summed E-state index contributed by atoms with van der Waals surface area (Å²) < 4.78 is 26.8. The molecule has 2 aliphatic carbocycles. The first kappa shape index (κ1) is 9.13. The summed E-state index contributed by atoms with van der Waals surface area (Å²) in [6.45, 7) is -0.412. The normalized spacial score (nSPS) is 37.3. The molecule has 3 heteroatoms. The Balaban J connectivity index is 2.05. The van der Waals surface area contributed by atoms with E-state index in [1.54, 1.807) is 0 Å². The van der Waals surface area contributed by atoms with Crippen LogP contribution in [0.4, 0.5) is 8.78 Å². The van der Waals surface area contributed by atoms with E-state index in [0.29, 0.717) is 12.3 Å². The Morgan fingerprint density at radius 1 is 1.31 bits per heavy atom. The van der Waals surface area contributed by atoms with Crippen LogP contribution in [0.1, 0.15) is 19.3 Å². The van der Waals surface area contributed by atoms with E-state index in [2.05, 4.69) is 6.08 Å². The van der Waals surface area contributed by atoms with Gasteiger partial charge in [0.25, 0.3) is 5.92 Å². The van der Waals surface area contributed by atoms with Crippen LogP contribution in [0, 0.1) is 17.8 Å². The van der Waals surface area contributed by atoms with Crippen LogP contribution in [0.15, 0.2) is 12.2 Å². The van der Waals surface area contributed by atoms with Gasteiger partial charge in [-0.2, -0.15) is 0 Å². The van der Waals surface area contributed by atoms with Gasteiger partial charge in [-0.15, -0.1) is 0 Å². The Hall–Kier alpha value is -0.440. The molecule has 0 aromatic carbocycles. The molecule has 1 saturated carbocycles. The first-order valence-electron chi connectivity index (χ1n) is 4.80. The molecule has 0 radical (unpaired) electrons. The Kier molecular flexibility index (Phi) is 2.14. The number of hydrogen-bond acceptors (Lipinski definition) is 1. The molecule has 3 atom stereocenters. The molecule has 13 heavy (non-hydrogen) atoms. The lowest BCUT2D eigenvalue weighted by Gasteiger charge is -2.27. The Labute approximate surface area is 76.4 Å². The van der Waals surface area contributed by atoms with Crippen LogP contribution in [-0.4, -0.2) is 17.6 Å². The fourth-order valence-corrected chi connectivity index (χ4v) is 2.60. The number of rotatable bonds is 3. The van der Waals surface area contributed by atoms with Crippen molar-refractivity contribution in [1.82, 2.24) is 0 Å². The number of aliphatic hydroxyl groups excluding tert-OH is 1. The zero-order valence-corrected chi connectivity index (χ0v) is 7.42. The minimum atomic E-state index is -2.67. The van der Waals surface area contributed by atoms with Crippen LogP contribution in [0.3, 0.4) is 0 Å². The molecule has 0 aromatic heterocycles. The highest BCUT2D eigenvalue weighted by Gasteiger charge is 2.49. The molecular formula is C10H14F2O. The van der Waals surface area contributed by atoms with Crippen molar-refractivity contribution in [3.8, 4) is 0 Å². The van der Waals surface area contributed by atoms with E-state index in [-0.39, 0.29) is 12.3 Å². The van der Waals surface area contributed by atoms with Gasteiger partial charge in [-0.05, 0) is 24.7 Å². The van der Waals surface area contributed by atoms with Crippen LogP contribution in [0.2, 0.25) is 0 Å². The third kappa shape index (κ3) is 1.50. The van der Waals surface area contributed by atoms with E-state index >= 15 is 0 Å². The molecule has 1 fully saturated rings. The van der Waals surface area contributed by atoms with Crippen molar-refractivity contribution in [3.05, 3.63) is 12.2 Å². The average Bonchev–Trinajstić information content (AvgIpc) is 2.63. The SMILES string of the molecule is OCCC(F)(F)C1CC2C=CC1C2. The quantitative estimate of drug-likeness (QED) is 0.673. The number of fused-ring (bicyclic) bond motifs is 2. The van der Waals surface area contributed by atoms with E-state index < -0.39 is 18.4 Å². The van der Waals surface area contributed by atoms with Crippen molar-refractivity contribution in [2.24, 2.45) is 17.8 Å². The molecule has 0 aliphatic heterocycles. The molecule has 0 amide bonds. The fraction of sp³-hybridized carbons (Fsp3) is 0.800. The van der Waals surface area contributed by atoms with Gasteiger partial charge in [0.2, 0.25) is 0 Å². The molecule has 1 nitrogen and oxygen atoms in total. The van der Waals surface area contributed by atoms with Crippen LogP contribution >= 0.6 is 0 Å². The lowest BCUT2D eigenvalue weighted by Crippen LogP contribution is -2.32. The summed E-state index contributed by atoms with van der Waals surface area (Å²) in [5, 5.41) is 8.53. The molecule has 0 spiro atoms. The van der Waals surface area contributed by atoms with Crippen molar-refractivity contribution in [2.45, 2.75) is 25.2 Å². The van der Waals surface area contributed by atoms with Gasteiger partial charge in [0, 0.05) is 18.9 Å². The second kappa shape index (κ2) is 3.05. The van der Waals surface area contributed by atoms with Crippen LogP contribution in [0.25, 0.3) is 0 Å². The van der Waals surface area contributed by atoms with Crippen molar-refractivity contribution in [3.63, 3.8) is 0 Å². The molecule has 0 heterocycles. The summed E-state index contributed by atoms with van der Waals surface area (Å²) in [4.78, 5) is 0. The topological polar surface area (TPSA) is 20.2 Å². The number of allylic oxidation sites excluding steroid dienone is 2. The smallest absolute Gasteiger partial charge is 0.253 e. The van der Waals surface area contributed by atoms with Gasteiger partial charge in [0.15, 0.2) is 0 Å². The first-order valence-corrected chi connectivity index (χ1v) is 4.80. The summed E-state index contributed by atoms with van der Waals surface area (Å²) >= 11 is 0. The molecule has 2 bridgehead atoms. The van der Waals surface area contributed by atoms with E-state index in [1.165, 1.54) is 0 Å². The minimum absolute atomic E-state index is 0.0616. The van der Waals surface area contributed by atoms with E-state index in [9.17, 15) is 8.78 Å². The van der Waals surface area contributed by atoms with E-state index in [0.717, 1.165) is 6.42 Å². The fourth-order valence-electron chi connectivity index (χ4n) is 2.60. The summed E-state index contributed by atoms with van der Waals surface area (Å²) in [5.41, 5.74) is 0. The maximum Gasteiger partial charge on any atom is 0.253 e. The van der Waals surface area contributed by atoms with Gasteiger partial charge >= 0.3 is 0 Å².